The van der Waals surface area contributed by atoms with E-state index >= 15 is 0 Å². The van der Waals surface area contributed by atoms with Crippen LogP contribution in [-0.4, -0.2) is 27.6 Å². The maximum atomic E-state index is 10.5. The van der Waals surface area contributed by atoms with E-state index in [4.69, 9.17) is 10.4 Å². The third-order valence-corrected chi connectivity index (χ3v) is 5.60. The number of thiazole rings is 1. The number of aliphatic hydroxyl groups is 1. The second-order valence-corrected chi connectivity index (χ2v) is 7.74. The van der Waals surface area contributed by atoms with Crippen molar-refractivity contribution in [3.05, 3.63) is 69.7 Å². The number of phenolic OH excluding ortho intramolecular Hbond substituents is 1. The van der Waals surface area contributed by atoms with Crippen molar-refractivity contribution in [2.75, 3.05) is 11.4 Å². The van der Waals surface area contributed by atoms with Gasteiger partial charge in [0.2, 0.25) is 0 Å². The van der Waals surface area contributed by atoms with E-state index in [1.54, 1.807) is 29.2 Å². The lowest BCUT2D eigenvalue weighted by Gasteiger charge is -2.19. The van der Waals surface area contributed by atoms with Crippen LogP contribution < -0.4 is 4.90 Å². The van der Waals surface area contributed by atoms with E-state index in [0.29, 0.717) is 16.3 Å². The number of aliphatic hydroxyl groups excluding tert-OH is 1. The first-order chi connectivity index (χ1) is 13.0. The molecule has 2 heterocycles. The lowest BCUT2D eigenvalue weighted by molar-refractivity contribution is 0.411. The summed E-state index contributed by atoms with van der Waals surface area (Å²) in [5.74, 6) is 0.303. The van der Waals surface area contributed by atoms with E-state index in [2.05, 4.69) is 0 Å². The van der Waals surface area contributed by atoms with Crippen LogP contribution in [0.1, 0.15) is 15.4 Å². The predicted octanol–water partition coefficient (Wildman–Crippen LogP) is 4.90. The number of hydrogen-bond acceptors (Lipinski definition) is 5. The van der Waals surface area contributed by atoms with Crippen LogP contribution in [0.25, 0.3) is 16.8 Å². The summed E-state index contributed by atoms with van der Waals surface area (Å²) in [7, 11) is 0. The smallest absolute Gasteiger partial charge is 0.139 e. The monoisotopic (exact) mass is 377 g/mol. The van der Waals surface area contributed by atoms with Gasteiger partial charge < -0.3 is 15.1 Å². The highest BCUT2D eigenvalue weighted by Crippen LogP contribution is 2.38. The standard InChI is InChI=1S/C21H19N3O2S/c1-12-7-9-14(10-8-12)19-13(2)27-21(23-19)18-17(26)11-24(20(18)22)15-5-3-4-6-16(15)25/h3-10,22,25-26H,11H2,1-2H3. The highest BCUT2D eigenvalue weighted by molar-refractivity contribution is 7.13. The van der Waals surface area contributed by atoms with Crippen molar-refractivity contribution < 1.29 is 10.2 Å². The molecule has 1 aromatic heterocycles. The summed E-state index contributed by atoms with van der Waals surface area (Å²) in [5, 5.41) is 29.8. The summed E-state index contributed by atoms with van der Waals surface area (Å²) in [5.41, 5.74) is 3.98. The van der Waals surface area contributed by atoms with Crippen LogP contribution in [0, 0.1) is 19.3 Å². The fraction of sp³-hybridized carbons (Fsp3) is 0.143. The third-order valence-electron chi connectivity index (χ3n) is 4.61. The Kier molecular flexibility index (Phi) is 4.20. The molecule has 1 aliphatic heterocycles. The lowest BCUT2D eigenvalue weighted by Crippen LogP contribution is -2.26. The minimum absolute atomic E-state index is 0.0759. The van der Waals surface area contributed by atoms with Crippen LogP contribution in [0.2, 0.25) is 0 Å². The maximum Gasteiger partial charge on any atom is 0.139 e. The highest BCUT2D eigenvalue weighted by Gasteiger charge is 2.32. The Labute approximate surface area is 161 Å². The summed E-state index contributed by atoms with van der Waals surface area (Å²) >= 11 is 1.46. The number of aromatic hydroxyl groups is 1. The molecule has 0 saturated carbocycles. The second kappa shape index (κ2) is 6.55. The molecule has 0 saturated heterocycles. The number of aromatic nitrogens is 1. The molecule has 0 bridgehead atoms. The van der Waals surface area contributed by atoms with Crippen molar-refractivity contribution in [3.63, 3.8) is 0 Å². The number of nitrogens with zero attached hydrogens (tertiary/aromatic N) is 2. The van der Waals surface area contributed by atoms with Crippen LogP contribution in [0.15, 0.2) is 54.3 Å². The van der Waals surface area contributed by atoms with Gasteiger partial charge in [0.25, 0.3) is 0 Å². The molecule has 0 atom stereocenters. The number of hydrogen-bond donors (Lipinski definition) is 3. The molecular formula is C21H19N3O2S. The van der Waals surface area contributed by atoms with Gasteiger partial charge in [0.15, 0.2) is 0 Å². The van der Waals surface area contributed by atoms with Crippen molar-refractivity contribution in [1.82, 2.24) is 4.98 Å². The second-order valence-electron chi connectivity index (χ2n) is 6.53. The van der Waals surface area contributed by atoms with Gasteiger partial charge in [-0.15, -0.1) is 11.3 Å². The molecule has 2 aromatic carbocycles. The lowest BCUT2D eigenvalue weighted by atomic mass is 10.1. The summed E-state index contributed by atoms with van der Waals surface area (Å²) in [6.07, 6.45) is 0. The number of nitrogens with one attached hydrogen (secondary N) is 1. The molecular weight excluding hydrogens is 358 g/mol. The molecule has 0 spiro atoms. The van der Waals surface area contributed by atoms with Crippen molar-refractivity contribution >= 4 is 28.4 Å². The van der Waals surface area contributed by atoms with E-state index < -0.39 is 0 Å². The highest BCUT2D eigenvalue weighted by atomic mass is 32.1. The minimum Gasteiger partial charge on any atom is -0.510 e. The average molecular weight is 377 g/mol. The Balaban J connectivity index is 1.71. The SMILES string of the molecule is Cc1ccc(-c2nc(C3=C(O)CN(c4ccccc4O)C3=N)sc2C)cc1. The number of para-hydroxylation sites is 2. The molecule has 27 heavy (non-hydrogen) atoms. The van der Waals surface area contributed by atoms with Gasteiger partial charge in [-0.25, -0.2) is 4.98 Å². The van der Waals surface area contributed by atoms with Crippen LogP contribution in [0.4, 0.5) is 5.69 Å². The number of aryl methyl sites for hydroxylation is 2. The van der Waals surface area contributed by atoms with Crippen LogP contribution in [-0.2, 0) is 0 Å². The van der Waals surface area contributed by atoms with Crippen molar-refractivity contribution in [2.45, 2.75) is 13.8 Å². The molecule has 0 radical (unpaired) electrons. The molecule has 0 fully saturated rings. The number of amidine groups is 1. The summed E-state index contributed by atoms with van der Waals surface area (Å²) < 4.78 is 0. The van der Waals surface area contributed by atoms with Crippen molar-refractivity contribution in [3.8, 4) is 17.0 Å². The zero-order valence-electron chi connectivity index (χ0n) is 15.0. The van der Waals surface area contributed by atoms with Gasteiger partial charge in [0.1, 0.15) is 22.4 Å². The van der Waals surface area contributed by atoms with Crippen molar-refractivity contribution in [1.29, 1.82) is 5.41 Å². The predicted molar refractivity (Wildman–Crippen MR) is 110 cm³/mol. The fourth-order valence-electron chi connectivity index (χ4n) is 3.18. The van der Waals surface area contributed by atoms with Crippen LogP contribution in [0.5, 0.6) is 5.75 Å². The third kappa shape index (κ3) is 2.98. The number of phenols is 1. The Hall–Kier alpha value is -3.12. The van der Waals surface area contributed by atoms with Crippen LogP contribution in [0.3, 0.4) is 0 Å². The Morgan fingerprint density at radius 2 is 1.74 bits per heavy atom. The normalized spacial score (nSPS) is 14.3. The molecule has 3 N–H and O–H groups in total. The van der Waals surface area contributed by atoms with Gasteiger partial charge in [-0.2, -0.15) is 0 Å². The topological polar surface area (TPSA) is 80.4 Å². The fourth-order valence-corrected chi connectivity index (χ4v) is 4.19. The van der Waals surface area contributed by atoms with Gasteiger partial charge in [-0.3, -0.25) is 5.41 Å². The van der Waals surface area contributed by atoms with Crippen molar-refractivity contribution in [2.24, 2.45) is 0 Å². The molecule has 136 valence electrons. The first-order valence-corrected chi connectivity index (χ1v) is 9.38. The molecule has 0 unspecified atom stereocenters. The number of rotatable bonds is 3. The average Bonchev–Trinajstić information content (AvgIpc) is 3.15. The van der Waals surface area contributed by atoms with E-state index in [0.717, 1.165) is 16.1 Å². The van der Waals surface area contributed by atoms with E-state index in [9.17, 15) is 10.2 Å². The molecule has 3 aromatic rings. The molecule has 6 heteroatoms. The Bertz CT molecular complexity index is 1070. The molecule has 0 aliphatic carbocycles. The number of benzene rings is 2. The number of anilines is 1. The zero-order valence-corrected chi connectivity index (χ0v) is 15.8. The molecule has 4 rings (SSSR count). The first kappa shape index (κ1) is 17.3. The molecule has 0 amide bonds. The Morgan fingerprint density at radius 1 is 1.04 bits per heavy atom. The summed E-state index contributed by atoms with van der Waals surface area (Å²) in [4.78, 5) is 7.33. The van der Waals surface area contributed by atoms with E-state index in [1.807, 2.05) is 38.1 Å². The summed E-state index contributed by atoms with van der Waals surface area (Å²) in [6, 6.07) is 15.0. The van der Waals surface area contributed by atoms with Crippen LogP contribution >= 0.6 is 11.3 Å². The van der Waals surface area contributed by atoms with E-state index in [-0.39, 0.29) is 23.9 Å². The van der Waals surface area contributed by atoms with Gasteiger partial charge in [-0.1, -0.05) is 42.0 Å². The maximum absolute atomic E-state index is 10.5. The van der Waals surface area contributed by atoms with Gasteiger partial charge in [0, 0.05) is 10.4 Å². The van der Waals surface area contributed by atoms with E-state index in [1.165, 1.54) is 16.9 Å². The van der Waals surface area contributed by atoms with Gasteiger partial charge >= 0.3 is 0 Å². The van der Waals surface area contributed by atoms with Gasteiger partial charge in [0.05, 0.1) is 23.5 Å². The molecule has 5 nitrogen and oxygen atoms in total. The molecule has 1 aliphatic rings. The Morgan fingerprint density at radius 3 is 2.44 bits per heavy atom. The minimum atomic E-state index is 0.0759. The summed E-state index contributed by atoms with van der Waals surface area (Å²) in [6.45, 7) is 4.18. The first-order valence-electron chi connectivity index (χ1n) is 8.57. The zero-order chi connectivity index (χ0) is 19.1. The quantitative estimate of drug-likeness (QED) is 0.606. The van der Waals surface area contributed by atoms with Gasteiger partial charge in [-0.05, 0) is 26.0 Å². The largest absolute Gasteiger partial charge is 0.510 e.